The number of carbonyl (C=O) groups excluding carboxylic acids is 1. The standard InChI is InChI=1S/C18H21N3O6/c1-2-19-10-17(20(23)24)14-8-13(12-6-4-3-5-7-12)27-16(9-15(17)22)18(14,11-19)21(25)26/h3-7,13-14,16H,2,8-11H2,1H3. The molecule has 3 aliphatic rings. The maximum absolute atomic E-state index is 12.9. The van der Waals surface area contributed by atoms with Crippen molar-refractivity contribution < 1.29 is 19.4 Å². The van der Waals surface area contributed by atoms with Crippen LogP contribution >= 0.6 is 0 Å². The van der Waals surface area contributed by atoms with E-state index in [1.165, 1.54) is 0 Å². The normalized spacial score (nSPS) is 38.4. The highest BCUT2D eigenvalue weighted by Crippen LogP contribution is 2.55. The highest BCUT2D eigenvalue weighted by atomic mass is 16.6. The van der Waals surface area contributed by atoms with Crippen molar-refractivity contribution in [1.82, 2.24) is 4.90 Å². The molecule has 1 saturated carbocycles. The van der Waals surface area contributed by atoms with Gasteiger partial charge in [0, 0.05) is 16.3 Å². The van der Waals surface area contributed by atoms with Crippen molar-refractivity contribution >= 4 is 5.78 Å². The first-order valence-electron chi connectivity index (χ1n) is 9.11. The molecule has 4 rings (SSSR count). The number of hydrogen-bond donors (Lipinski definition) is 0. The molecule has 0 radical (unpaired) electrons. The van der Waals surface area contributed by atoms with E-state index in [0.717, 1.165) is 5.56 Å². The van der Waals surface area contributed by atoms with Crippen molar-refractivity contribution in [3.63, 3.8) is 0 Å². The van der Waals surface area contributed by atoms with Crippen molar-refractivity contribution in [2.75, 3.05) is 19.6 Å². The van der Waals surface area contributed by atoms with Gasteiger partial charge in [-0.15, -0.1) is 0 Å². The molecular formula is C18H21N3O6. The Morgan fingerprint density at radius 1 is 1.19 bits per heavy atom. The Labute approximate surface area is 155 Å². The van der Waals surface area contributed by atoms with Crippen LogP contribution in [0.25, 0.3) is 0 Å². The minimum absolute atomic E-state index is 0.0657. The van der Waals surface area contributed by atoms with Crippen molar-refractivity contribution in [3.05, 3.63) is 56.1 Å². The molecule has 2 aliphatic heterocycles. The number of likely N-dealkylation sites (N-methyl/N-ethyl adjacent to an activating group) is 1. The second-order valence-electron chi connectivity index (χ2n) is 7.67. The first kappa shape index (κ1) is 18.0. The van der Waals surface area contributed by atoms with Gasteiger partial charge in [-0.2, -0.15) is 0 Å². The Balaban J connectivity index is 1.86. The quantitative estimate of drug-likeness (QED) is 0.578. The number of ketones is 1. The van der Waals surface area contributed by atoms with Gasteiger partial charge in [0.25, 0.3) is 5.54 Å². The zero-order valence-electron chi connectivity index (χ0n) is 14.9. The van der Waals surface area contributed by atoms with E-state index in [9.17, 15) is 25.0 Å². The summed E-state index contributed by atoms with van der Waals surface area (Å²) >= 11 is 0. The lowest BCUT2D eigenvalue weighted by atomic mass is 9.55. The Morgan fingerprint density at radius 2 is 1.89 bits per heavy atom. The average Bonchev–Trinajstić information content (AvgIpc) is 2.65. The summed E-state index contributed by atoms with van der Waals surface area (Å²) in [6.07, 6.45) is -1.66. The number of ether oxygens (including phenoxy) is 1. The third-order valence-electron chi connectivity index (χ3n) is 6.60. The predicted molar refractivity (Wildman–Crippen MR) is 93.4 cm³/mol. The molecular weight excluding hydrogens is 354 g/mol. The number of carbonyl (C=O) groups is 1. The fourth-order valence-electron chi connectivity index (χ4n) is 5.25. The fourth-order valence-corrected chi connectivity index (χ4v) is 5.25. The molecule has 1 aromatic rings. The van der Waals surface area contributed by atoms with E-state index in [2.05, 4.69) is 0 Å². The van der Waals surface area contributed by atoms with Crippen LogP contribution in [-0.2, 0) is 9.53 Å². The number of benzene rings is 1. The van der Waals surface area contributed by atoms with E-state index in [1.54, 1.807) is 11.8 Å². The van der Waals surface area contributed by atoms with Crippen LogP contribution in [0.2, 0.25) is 0 Å². The molecule has 0 aromatic heterocycles. The summed E-state index contributed by atoms with van der Waals surface area (Å²) in [4.78, 5) is 37.9. The van der Waals surface area contributed by atoms with E-state index in [4.69, 9.17) is 4.74 Å². The van der Waals surface area contributed by atoms with Crippen LogP contribution in [0.15, 0.2) is 30.3 Å². The largest absolute Gasteiger partial charge is 0.362 e. The molecule has 9 heteroatoms. The Bertz CT molecular complexity index is 802. The smallest absolute Gasteiger partial charge is 0.301 e. The van der Waals surface area contributed by atoms with Crippen molar-refractivity contribution in [1.29, 1.82) is 0 Å². The van der Waals surface area contributed by atoms with E-state index in [1.807, 2.05) is 30.3 Å². The summed E-state index contributed by atoms with van der Waals surface area (Å²) in [6, 6.07) is 9.21. The van der Waals surface area contributed by atoms with Crippen LogP contribution in [0.1, 0.15) is 31.4 Å². The van der Waals surface area contributed by atoms with Crippen molar-refractivity contribution in [3.8, 4) is 0 Å². The lowest BCUT2D eigenvalue weighted by Crippen LogP contribution is -2.82. The summed E-state index contributed by atoms with van der Waals surface area (Å²) in [7, 11) is 0. The Morgan fingerprint density at radius 3 is 2.48 bits per heavy atom. The summed E-state index contributed by atoms with van der Waals surface area (Å²) in [5, 5.41) is 24.4. The highest BCUT2D eigenvalue weighted by Gasteiger charge is 2.80. The van der Waals surface area contributed by atoms with Gasteiger partial charge in [-0.25, -0.2) is 0 Å². The van der Waals surface area contributed by atoms with Gasteiger partial charge in [0.15, 0.2) is 0 Å². The zero-order valence-corrected chi connectivity index (χ0v) is 14.9. The van der Waals surface area contributed by atoms with Gasteiger partial charge in [-0.1, -0.05) is 37.3 Å². The SMILES string of the molecule is CCN1CC2([N+](=O)[O-])C(=O)CC3OC(c4ccccc4)CC2C3([N+](=O)[O-])C1. The third kappa shape index (κ3) is 2.28. The first-order valence-corrected chi connectivity index (χ1v) is 9.11. The molecule has 0 spiro atoms. The monoisotopic (exact) mass is 375 g/mol. The lowest BCUT2D eigenvalue weighted by molar-refractivity contribution is -0.653. The van der Waals surface area contributed by atoms with Gasteiger partial charge in [-0.05, 0) is 18.5 Å². The molecule has 4 bridgehead atoms. The van der Waals surface area contributed by atoms with E-state index < -0.39 is 44.8 Å². The number of likely N-dealkylation sites (tertiary alicyclic amines) is 1. The van der Waals surface area contributed by atoms with E-state index >= 15 is 0 Å². The van der Waals surface area contributed by atoms with Crippen LogP contribution < -0.4 is 0 Å². The minimum Gasteiger partial charge on any atom is -0.362 e. The molecule has 0 amide bonds. The number of nitro groups is 2. The molecule has 144 valence electrons. The minimum atomic E-state index is -1.95. The predicted octanol–water partition coefficient (Wildman–Crippen LogP) is 1.47. The van der Waals surface area contributed by atoms with Crippen LogP contribution in [-0.4, -0.2) is 57.3 Å². The molecule has 1 aromatic carbocycles. The van der Waals surface area contributed by atoms with Gasteiger partial charge in [-0.3, -0.25) is 29.9 Å². The van der Waals surface area contributed by atoms with Gasteiger partial charge in [0.2, 0.25) is 5.78 Å². The Hall–Kier alpha value is -2.39. The van der Waals surface area contributed by atoms with Gasteiger partial charge in [0.05, 0.1) is 19.2 Å². The van der Waals surface area contributed by atoms with Crippen molar-refractivity contribution in [2.45, 2.75) is 43.1 Å². The van der Waals surface area contributed by atoms with E-state index in [0.29, 0.717) is 6.54 Å². The van der Waals surface area contributed by atoms with Gasteiger partial charge < -0.3 is 4.74 Å². The highest BCUT2D eigenvalue weighted by molar-refractivity contribution is 5.90. The van der Waals surface area contributed by atoms with E-state index in [-0.39, 0.29) is 25.9 Å². The average molecular weight is 375 g/mol. The number of rotatable bonds is 4. The van der Waals surface area contributed by atoms with Gasteiger partial charge >= 0.3 is 5.54 Å². The number of nitrogens with zero attached hydrogens (tertiary/aromatic N) is 3. The van der Waals surface area contributed by atoms with Crippen molar-refractivity contribution in [2.24, 2.45) is 5.92 Å². The molecule has 27 heavy (non-hydrogen) atoms. The molecule has 2 saturated heterocycles. The summed E-state index contributed by atoms with van der Waals surface area (Å²) < 4.78 is 6.07. The fraction of sp³-hybridized carbons (Fsp3) is 0.611. The molecule has 1 aliphatic carbocycles. The molecule has 3 fully saturated rings. The molecule has 2 heterocycles. The molecule has 9 nitrogen and oxygen atoms in total. The molecule has 5 unspecified atom stereocenters. The van der Waals surface area contributed by atoms with Crippen LogP contribution in [0.3, 0.4) is 0 Å². The summed E-state index contributed by atoms with van der Waals surface area (Å²) in [5.74, 6) is -1.55. The maximum Gasteiger partial charge on any atom is 0.301 e. The van der Waals surface area contributed by atoms with Crippen LogP contribution in [0.4, 0.5) is 0 Å². The van der Waals surface area contributed by atoms with Crippen LogP contribution in [0, 0.1) is 26.1 Å². The number of hydrogen-bond acceptors (Lipinski definition) is 7. The summed E-state index contributed by atoms with van der Waals surface area (Å²) in [6.45, 7) is 2.18. The second-order valence-corrected chi connectivity index (χ2v) is 7.67. The second kappa shape index (κ2) is 6.07. The summed E-state index contributed by atoms with van der Waals surface area (Å²) in [5.41, 5.74) is -2.77. The van der Waals surface area contributed by atoms with Gasteiger partial charge in [0.1, 0.15) is 12.0 Å². The first-order chi connectivity index (χ1) is 12.9. The Kier molecular flexibility index (Phi) is 4.04. The topological polar surface area (TPSA) is 116 Å². The molecule has 5 atom stereocenters. The third-order valence-corrected chi connectivity index (χ3v) is 6.60. The van der Waals surface area contributed by atoms with Crippen LogP contribution in [0.5, 0.6) is 0 Å². The number of piperidine rings is 1. The zero-order chi connectivity index (χ0) is 19.4. The molecule has 0 N–H and O–H groups in total. The lowest BCUT2D eigenvalue weighted by Gasteiger charge is -2.56. The maximum atomic E-state index is 12.9. The number of Topliss-reactive ketones (excluding diaryl/α,β-unsaturated/α-hetero) is 1.